The van der Waals surface area contributed by atoms with Gasteiger partial charge in [-0.15, -0.1) is 0 Å². The van der Waals surface area contributed by atoms with Crippen molar-refractivity contribution < 1.29 is 14.2 Å². The van der Waals surface area contributed by atoms with Crippen LogP contribution in [0.5, 0.6) is 5.75 Å². The Balaban J connectivity index is 1.70. The van der Waals surface area contributed by atoms with E-state index in [4.69, 9.17) is 19.9 Å². The monoisotopic (exact) mass is 292 g/mol. The number of hydrogen-bond acceptors (Lipinski definition) is 5. The van der Waals surface area contributed by atoms with E-state index in [2.05, 4.69) is 4.98 Å². The topological polar surface area (TPSA) is 66.6 Å². The fraction of sp³-hybridized carbons (Fsp3) is 0.688. The molecule has 2 aliphatic rings. The molecule has 2 aliphatic heterocycles. The number of aromatic nitrogens is 1. The molecule has 0 radical (unpaired) electrons. The zero-order valence-electron chi connectivity index (χ0n) is 12.6. The fourth-order valence-electron chi connectivity index (χ4n) is 3.21. The normalized spacial score (nSPS) is 25.0. The lowest BCUT2D eigenvalue weighted by Gasteiger charge is -2.43. The molecule has 3 rings (SSSR count). The maximum absolute atomic E-state index is 6.20. The Bertz CT molecular complexity index is 481. The summed E-state index contributed by atoms with van der Waals surface area (Å²) in [5.74, 6) is 0.817. The van der Waals surface area contributed by atoms with Crippen molar-refractivity contribution >= 4 is 0 Å². The van der Waals surface area contributed by atoms with Gasteiger partial charge in [-0.2, -0.15) is 0 Å². The Morgan fingerprint density at radius 3 is 2.90 bits per heavy atom. The largest absolute Gasteiger partial charge is 0.488 e. The molecule has 0 amide bonds. The Labute approximate surface area is 125 Å². The molecule has 0 aliphatic carbocycles. The maximum Gasteiger partial charge on any atom is 0.142 e. The van der Waals surface area contributed by atoms with E-state index in [1.807, 2.05) is 19.1 Å². The van der Waals surface area contributed by atoms with Crippen LogP contribution >= 0.6 is 0 Å². The van der Waals surface area contributed by atoms with Crippen LogP contribution < -0.4 is 10.5 Å². The maximum atomic E-state index is 6.20. The van der Waals surface area contributed by atoms with Crippen molar-refractivity contribution in [3.63, 3.8) is 0 Å². The van der Waals surface area contributed by atoms with Gasteiger partial charge < -0.3 is 19.9 Å². The van der Waals surface area contributed by atoms with Gasteiger partial charge in [0, 0.05) is 38.3 Å². The summed E-state index contributed by atoms with van der Waals surface area (Å²) in [4.78, 5) is 4.46. The van der Waals surface area contributed by atoms with Gasteiger partial charge in [-0.05, 0) is 31.9 Å². The van der Waals surface area contributed by atoms with E-state index in [1.54, 1.807) is 0 Å². The van der Waals surface area contributed by atoms with Gasteiger partial charge in [0.25, 0.3) is 0 Å². The predicted octanol–water partition coefficient (Wildman–Crippen LogP) is 1.96. The van der Waals surface area contributed by atoms with Gasteiger partial charge in [0.15, 0.2) is 0 Å². The highest BCUT2D eigenvalue weighted by Crippen LogP contribution is 2.36. The third-order valence-electron chi connectivity index (χ3n) is 4.41. The molecule has 0 bridgehead atoms. The van der Waals surface area contributed by atoms with E-state index in [1.165, 1.54) is 0 Å². The van der Waals surface area contributed by atoms with Gasteiger partial charge in [0.05, 0.1) is 17.9 Å². The zero-order valence-corrected chi connectivity index (χ0v) is 12.6. The molecule has 1 spiro atoms. The van der Waals surface area contributed by atoms with Gasteiger partial charge in [-0.3, -0.25) is 4.98 Å². The summed E-state index contributed by atoms with van der Waals surface area (Å²) in [5.41, 5.74) is 7.53. The molecule has 1 aromatic rings. The van der Waals surface area contributed by atoms with Crippen LogP contribution in [0, 0.1) is 6.92 Å². The Kier molecular flexibility index (Phi) is 4.42. The molecule has 5 heteroatoms. The van der Waals surface area contributed by atoms with Crippen molar-refractivity contribution in [3.8, 4) is 5.75 Å². The summed E-state index contributed by atoms with van der Waals surface area (Å²) in [6.45, 7) is 4.69. The molecule has 0 aromatic carbocycles. The van der Waals surface area contributed by atoms with Gasteiger partial charge in [0.1, 0.15) is 11.9 Å². The average Bonchev–Trinajstić information content (AvgIpc) is 2.50. The van der Waals surface area contributed by atoms with Crippen LogP contribution in [-0.4, -0.2) is 36.5 Å². The highest BCUT2D eigenvalue weighted by atomic mass is 16.5. The van der Waals surface area contributed by atoms with Crippen LogP contribution in [-0.2, 0) is 16.0 Å². The molecule has 2 fully saturated rings. The van der Waals surface area contributed by atoms with Crippen LogP contribution in [0.1, 0.15) is 37.1 Å². The second-order valence-electron chi connectivity index (χ2n) is 5.98. The molecule has 21 heavy (non-hydrogen) atoms. The van der Waals surface area contributed by atoms with Crippen LogP contribution in [0.2, 0.25) is 0 Å². The number of rotatable bonds is 3. The molecular formula is C16H24N2O3. The first-order valence-electron chi connectivity index (χ1n) is 7.76. The van der Waals surface area contributed by atoms with E-state index in [0.29, 0.717) is 6.54 Å². The van der Waals surface area contributed by atoms with Crippen molar-refractivity contribution in [1.82, 2.24) is 4.98 Å². The van der Waals surface area contributed by atoms with Crippen molar-refractivity contribution in [1.29, 1.82) is 0 Å². The second kappa shape index (κ2) is 6.30. The summed E-state index contributed by atoms with van der Waals surface area (Å²) < 4.78 is 17.7. The molecule has 5 nitrogen and oxygen atoms in total. The van der Waals surface area contributed by atoms with Crippen LogP contribution in [0.4, 0.5) is 0 Å². The van der Waals surface area contributed by atoms with Crippen LogP contribution in [0.3, 0.4) is 0 Å². The Morgan fingerprint density at radius 1 is 1.33 bits per heavy atom. The first-order chi connectivity index (χ1) is 10.2. The van der Waals surface area contributed by atoms with E-state index in [0.717, 1.165) is 62.6 Å². The predicted molar refractivity (Wildman–Crippen MR) is 79.3 cm³/mol. The minimum atomic E-state index is -0.0534. The third-order valence-corrected chi connectivity index (χ3v) is 4.41. The molecule has 1 aromatic heterocycles. The fourth-order valence-corrected chi connectivity index (χ4v) is 3.21. The highest BCUT2D eigenvalue weighted by molar-refractivity contribution is 5.29. The van der Waals surface area contributed by atoms with Gasteiger partial charge in [-0.25, -0.2) is 0 Å². The van der Waals surface area contributed by atoms with Crippen LogP contribution in [0.15, 0.2) is 12.1 Å². The van der Waals surface area contributed by atoms with E-state index in [-0.39, 0.29) is 11.7 Å². The molecule has 2 N–H and O–H groups in total. The van der Waals surface area contributed by atoms with E-state index in [9.17, 15) is 0 Å². The quantitative estimate of drug-likeness (QED) is 0.922. The SMILES string of the molecule is Cc1ccc(OC2CCOC3(CCOCC3)C2)c(CN)n1. The van der Waals surface area contributed by atoms with Crippen molar-refractivity contribution in [2.24, 2.45) is 5.73 Å². The number of aryl methyl sites for hydroxylation is 1. The van der Waals surface area contributed by atoms with Crippen molar-refractivity contribution in [2.75, 3.05) is 19.8 Å². The van der Waals surface area contributed by atoms with Gasteiger partial charge >= 0.3 is 0 Å². The molecule has 0 saturated carbocycles. The minimum Gasteiger partial charge on any atom is -0.488 e. The highest BCUT2D eigenvalue weighted by Gasteiger charge is 2.40. The first-order valence-corrected chi connectivity index (χ1v) is 7.76. The average molecular weight is 292 g/mol. The number of hydrogen-bond donors (Lipinski definition) is 1. The molecule has 3 heterocycles. The standard InChI is InChI=1S/C16H24N2O3/c1-12-2-3-15(14(11-17)18-12)21-13-4-7-20-16(10-13)5-8-19-9-6-16/h2-3,13H,4-11,17H2,1H3. The smallest absolute Gasteiger partial charge is 0.142 e. The second-order valence-corrected chi connectivity index (χ2v) is 5.98. The number of nitrogens with two attached hydrogens (primary N) is 1. The molecule has 1 atom stereocenters. The third kappa shape index (κ3) is 3.36. The number of pyridine rings is 1. The minimum absolute atomic E-state index is 0.0534. The first kappa shape index (κ1) is 14.8. The van der Waals surface area contributed by atoms with Gasteiger partial charge in [-0.1, -0.05) is 0 Å². The van der Waals surface area contributed by atoms with E-state index >= 15 is 0 Å². The molecule has 116 valence electrons. The van der Waals surface area contributed by atoms with Crippen molar-refractivity contribution in [2.45, 2.75) is 50.9 Å². The Morgan fingerprint density at radius 2 is 2.14 bits per heavy atom. The van der Waals surface area contributed by atoms with Crippen molar-refractivity contribution in [3.05, 3.63) is 23.5 Å². The number of ether oxygens (including phenoxy) is 3. The lowest BCUT2D eigenvalue weighted by molar-refractivity contribution is -0.155. The molecule has 2 saturated heterocycles. The summed E-state index contributed by atoms with van der Waals surface area (Å²) in [7, 11) is 0. The lowest BCUT2D eigenvalue weighted by atomic mass is 9.85. The van der Waals surface area contributed by atoms with Gasteiger partial charge in [0.2, 0.25) is 0 Å². The summed E-state index contributed by atoms with van der Waals surface area (Å²) in [5, 5.41) is 0. The summed E-state index contributed by atoms with van der Waals surface area (Å²) in [6.07, 6.45) is 3.94. The molecular weight excluding hydrogens is 268 g/mol. The zero-order chi connectivity index (χ0) is 14.7. The summed E-state index contributed by atoms with van der Waals surface area (Å²) >= 11 is 0. The number of nitrogens with zero attached hydrogens (tertiary/aromatic N) is 1. The van der Waals surface area contributed by atoms with Crippen LogP contribution in [0.25, 0.3) is 0 Å². The lowest BCUT2D eigenvalue weighted by Crippen LogP contribution is -2.47. The molecule has 1 unspecified atom stereocenters. The summed E-state index contributed by atoms with van der Waals surface area (Å²) in [6, 6.07) is 3.95. The Hall–Kier alpha value is -1.17. The van der Waals surface area contributed by atoms with E-state index < -0.39 is 0 Å².